The van der Waals surface area contributed by atoms with Gasteiger partial charge in [0, 0.05) is 13.1 Å². The van der Waals surface area contributed by atoms with E-state index < -0.39 is 5.97 Å². The summed E-state index contributed by atoms with van der Waals surface area (Å²) in [6.45, 7) is 7.06. The van der Waals surface area contributed by atoms with Crippen LogP contribution in [0.15, 0.2) is 24.3 Å². The molecule has 106 valence electrons. The van der Waals surface area contributed by atoms with E-state index in [-0.39, 0.29) is 5.56 Å². The van der Waals surface area contributed by atoms with Crippen molar-refractivity contribution in [3.8, 4) is 5.75 Å². The summed E-state index contributed by atoms with van der Waals surface area (Å²) >= 11 is 0. The van der Waals surface area contributed by atoms with Crippen molar-refractivity contribution in [3.63, 3.8) is 0 Å². The zero-order valence-corrected chi connectivity index (χ0v) is 11.9. The highest BCUT2D eigenvalue weighted by atomic mass is 16.5. The maximum Gasteiger partial charge on any atom is 0.335 e. The zero-order chi connectivity index (χ0) is 14.3. The summed E-state index contributed by atoms with van der Waals surface area (Å²) in [6, 6.07) is 6.60. The fourth-order valence-electron chi connectivity index (χ4n) is 1.96. The Hall–Kier alpha value is -1.55. The van der Waals surface area contributed by atoms with Crippen LogP contribution < -0.4 is 4.74 Å². The monoisotopic (exact) mass is 265 g/mol. The summed E-state index contributed by atoms with van der Waals surface area (Å²) in [5.74, 6) is 0.353. The molecule has 0 spiro atoms. The Balaban J connectivity index is 2.29. The van der Waals surface area contributed by atoms with Crippen molar-refractivity contribution in [2.24, 2.45) is 5.92 Å². The zero-order valence-electron chi connectivity index (χ0n) is 11.9. The molecule has 0 amide bonds. The lowest BCUT2D eigenvalue weighted by atomic mass is 10.2. The lowest BCUT2D eigenvalue weighted by molar-refractivity contribution is 0.0696. The first kappa shape index (κ1) is 15.5. The minimum absolute atomic E-state index is 0.259. The largest absolute Gasteiger partial charge is 0.494 e. The highest BCUT2D eigenvalue weighted by Gasteiger charge is 2.04. The van der Waals surface area contributed by atoms with Gasteiger partial charge < -0.3 is 14.7 Å². The number of aromatic carboxylic acids is 1. The van der Waals surface area contributed by atoms with E-state index in [0.717, 1.165) is 19.5 Å². The van der Waals surface area contributed by atoms with Gasteiger partial charge in [-0.3, -0.25) is 0 Å². The van der Waals surface area contributed by atoms with E-state index in [1.165, 1.54) is 0 Å². The van der Waals surface area contributed by atoms with E-state index in [1.807, 2.05) is 0 Å². The number of hydrogen-bond acceptors (Lipinski definition) is 3. The minimum atomic E-state index is -0.929. The molecule has 1 rings (SSSR count). The van der Waals surface area contributed by atoms with Gasteiger partial charge in [-0.1, -0.05) is 19.9 Å². The average molecular weight is 265 g/mol. The van der Waals surface area contributed by atoms with Crippen molar-refractivity contribution in [2.75, 3.05) is 26.7 Å². The quantitative estimate of drug-likeness (QED) is 0.734. The van der Waals surface area contributed by atoms with Crippen LogP contribution in [0.3, 0.4) is 0 Å². The molecule has 1 aromatic rings. The van der Waals surface area contributed by atoms with Crippen LogP contribution in [-0.4, -0.2) is 42.7 Å². The number of benzene rings is 1. The second-order valence-electron chi connectivity index (χ2n) is 5.19. The van der Waals surface area contributed by atoms with Gasteiger partial charge in [-0.25, -0.2) is 4.79 Å². The maximum atomic E-state index is 10.8. The molecule has 0 aliphatic heterocycles. The highest BCUT2D eigenvalue weighted by molar-refractivity contribution is 5.87. The summed E-state index contributed by atoms with van der Waals surface area (Å²) in [7, 11) is 2.10. The molecule has 0 aliphatic rings. The Labute approximate surface area is 115 Å². The van der Waals surface area contributed by atoms with E-state index in [2.05, 4.69) is 25.8 Å². The molecule has 19 heavy (non-hydrogen) atoms. The van der Waals surface area contributed by atoms with Crippen molar-refractivity contribution in [3.05, 3.63) is 29.8 Å². The number of carboxylic acids is 1. The van der Waals surface area contributed by atoms with Gasteiger partial charge in [-0.05, 0) is 37.6 Å². The third kappa shape index (κ3) is 6.25. The lowest BCUT2D eigenvalue weighted by Gasteiger charge is -2.18. The first-order valence-electron chi connectivity index (χ1n) is 6.63. The maximum absolute atomic E-state index is 10.8. The Bertz CT molecular complexity index is 404. The molecule has 0 bridgehead atoms. The number of rotatable bonds is 8. The fourth-order valence-corrected chi connectivity index (χ4v) is 1.96. The molecule has 0 unspecified atom stereocenters. The molecule has 0 fully saturated rings. The van der Waals surface area contributed by atoms with Crippen molar-refractivity contribution < 1.29 is 14.6 Å². The van der Waals surface area contributed by atoms with Crippen LogP contribution in [0.2, 0.25) is 0 Å². The summed E-state index contributed by atoms with van der Waals surface area (Å²) in [6.07, 6.45) is 0.931. The van der Waals surface area contributed by atoms with Crippen LogP contribution in [0, 0.1) is 5.92 Å². The van der Waals surface area contributed by atoms with E-state index in [0.29, 0.717) is 18.3 Å². The summed E-state index contributed by atoms with van der Waals surface area (Å²) in [5, 5.41) is 8.88. The van der Waals surface area contributed by atoms with Crippen molar-refractivity contribution >= 4 is 5.97 Å². The predicted octanol–water partition coefficient (Wildman–Crippen LogP) is 2.74. The Morgan fingerprint density at radius 1 is 1.42 bits per heavy atom. The molecule has 0 aliphatic carbocycles. The SMILES string of the molecule is CC(C)CN(C)CCCOc1cccc(C(=O)O)c1. The van der Waals surface area contributed by atoms with Crippen LogP contribution in [-0.2, 0) is 0 Å². The first-order valence-corrected chi connectivity index (χ1v) is 6.63. The van der Waals surface area contributed by atoms with Crippen LogP contribution in [0.1, 0.15) is 30.6 Å². The van der Waals surface area contributed by atoms with Gasteiger partial charge in [0.15, 0.2) is 0 Å². The number of nitrogens with zero attached hydrogens (tertiary/aromatic N) is 1. The third-order valence-electron chi connectivity index (χ3n) is 2.71. The smallest absolute Gasteiger partial charge is 0.335 e. The summed E-state index contributed by atoms with van der Waals surface area (Å²) in [5.41, 5.74) is 0.259. The number of hydrogen-bond donors (Lipinski definition) is 1. The predicted molar refractivity (Wildman–Crippen MR) is 75.8 cm³/mol. The minimum Gasteiger partial charge on any atom is -0.494 e. The van der Waals surface area contributed by atoms with Crippen LogP contribution in [0.4, 0.5) is 0 Å². The molecule has 0 saturated carbocycles. The Morgan fingerprint density at radius 3 is 2.79 bits per heavy atom. The average Bonchev–Trinajstić information content (AvgIpc) is 2.34. The van der Waals surface area contributed by atoms with Gasteiger partial charge >= 0.3 is 5.97 Å². The van der Waals surface area contributed by atoms with Crippen molar-refractivity contribution in [1.29, 1.82) is 0 Å². The second kappa shape index (κ2) is 7.79. The number of ether oxygens (including phenoxy) is 1. The molecule has 0 atom stereocenters. The molecule has 4 nitrogen and oxygen atoms in total. The van der Waals surface area contributed by atoms with Gasteiger partial charge in [-0.2, -0.15) is 0 Å². The van der Waals surface area contributed by atoms with Gasteiger partial charge in [-0.15, -0.1) is 0 Å². The molecule has 0 aromatic heterocycles. The molecular weight excluding hydrogens is 242 g/mol. The van der Waals surface area contributed by atoms with Gasteiger partial charge in [0.25, 0.3) is 0 Å². The van der Waals surface area contributed by atoms with Crippen molar-refractivity contribution in [2.45, 2.75) is 20.3 Å². The van der Waals surface area contributed by atoms with Gasteiger partial charge in [0.2, 0.25) is 0 Å². The topological polar surface area (TPSA) is 49.8 Å². The normalized spacial score (nSPS) is 11.0. The van der Waals surface area contributed by atoms with Crippen LogP contribution in [0.5, 0.6) is 5.75 Å². The second-order valence-corrected chi connectivity index (χ2v) is 5.19. The lowest BCUT2D eigenvalue weighted by Crippen LogP contribution is -2.25. The fraction of sp³-hybridized carbons (Fsp3) is 0.533. The summed E-state index contributed by atoms with van der Waals surface area (Å²) in [4.78, 5) is 13.1. The molecule has 4 heteroatoms. The molecule has 0 heterocycles. The van der Waals surface area contributed by atoms with Crippen molar-refractivity contribution in [1.82, 2.24) is 4.90 Å². The summed E-state index contributed by atoms with van der Waals surface area (Å²) < 4.78 is 5.56. The van der Waals surface area contributed by atoms with Crippen LogP contribution in [0.25, 0.3) is 0 Å². The Kier molecular flexibility index (Phi) is 6.36. The van der Waals surface area contributed by atoms with Crippen LogP contribution >= 0.6 is 0 Å². The van der Waals surface area contributed by atoms with E-state index >= 15 is 0 Å². The van der Waals surface area contributed by atoms with Gasteiger partial charge in [0.05, 0.1) is 12.2 Å². The number of carboxylic acid groups (broad SMARTS) is 1. The van der Waals surface area contributed by atoms with E-state index in [4.69, 9.17) is 9.84 Å². The molecule has 0 saturated heterocycles. The molecule has 1 aromatic carbocycles. The van der Waals surface area contributed by atoms with E-state index in [9.17, 15) is 4.79 Å². The molecular formula is C15H23NO3. The first-order chi connectivity index (χ1) is 8.99. The molecule has 0 radical (unpaired) electrons. The molecule has 1 N–H and O–H groups in total. The number of carbonyl (C=O) groups is 1. The highest BCUT2D eigenvalue weighted by Crippen LogP contribution is 2.13. The standard InChI is InChI=1S/C15H23NO3/c1-12(2)11-16(3)8-5-9-19-14-7-4-6-13(10-14)15(17)18/h4,6-7,10,12H,5,8-9,11H2,1-3H3,(H,17,18). The Morgan fingerprint density at radius 2 is 2.16 bits per heavy atom. The third-order valence-corrected chi connectivity index (χ3v) is 2.71. The van der Waals surface area contributed by atoms with E-state index in [1.54, 1.807) is 24.3 Å². The van der Waals surface area contributed by atoms with Gasteiger partial charge in [0.1, 0.15) is 5.75 Å².